The molecule has 3 heteroatoms. The van der Waals surface area contributed by atoms with Crippen molar-refractivity contribution in [3.63, 3.8) is 0 Å². The van der Waals surface area contributed by atoms with Crippen LogP contribution in [0, 0.1) is 0 Å². The van der Waals surface area contributed by atoms with Gasteiger partial charge in [-0.05, 0) is 12.5 Å². The summed E-state index contributed by atoms with van der Waals surface area (Å²) in [7, 11) is 1.61. The lowest BCUT2D eigenvalue weighted by Gasteiger charge is -1.99. The first kappa shape index (κ1) is 12.7. The first-order chi connectivity index (χ1) is 8.77. The van der Waals surface area contributed by atoms with Crippen molar-refractivity contribution in [1.29, 1.82) is 0 Å². The molecule has 1 aromatic heterocycles. The van der Waals surface area contributed by atoms with Crippen LogP contribution in [-0.2, 0) is 0 Å². The van der Waals surface area contributed by atoms with Crippen LogP contribution >= 0.6 is 0 Å². The normalized spacial score (nSPS) is 10.8. The van der Waals surface area contributed by atoms with Gasteiger partial charge in [-0.25, -0.2) is 0 Å². The first-order valence-electron chi connectivity index (χ1n) is 6.45. The van der Waals surface area contributed by atoms with Crippen LogP contribution in [-0.4, -0.2) is 17.6 Å². The predicted molar refractivity (Wildman–Crippen MR) is 72.9 cm³/mol. The molecule has 0 saturated carbocycles. The van der Waals surface area contributed by atoms with E-state index in [0.29, 0.717) is 6.42 Å². The van der Waals surface area contributed by atoms with Gasteiger partial charge in [0.2, 0.25) is 0 Å². The molecular formula is C15H19NO2. The summed E-state index contributed by atoms with van der Waals surface area (Å²) in [5.41, 5.74) is 1.71. The molecule has 0 amide bonds. The molecule has 0 radical (unpaired) electrons. The highest BCUT2D eigenvalue weighted by atomic mass is 16.6. The van der Waals surface area contributed by atoms with Crippen LogP contribution in [0.4, 0.5) is 0 Å². The Morgan fingerprint density at radius 3 is 2.78 bits per heavy atom. The lowest BCUT2D eigenvalue weighted by molar-refractivity contribution is 0.0978. The molecule has 96 valence electrons. The average molecular weight is 245 g/mol. The summed E-state index contributed by atoms with van der Waals surface area (Å²) in [5.74, 6) is 0.204. The summed E-state index contributed by atoms with van der Waals surface area (Å²) < 4.78 is 1.66. The number of para-hydroxylation sites is 1. The van der Waals surface area contributed by atoms with Crippen molar-refractivity contribution in [2.45, 2.75) is 32.6 Å². The maximum Gasteiger partial charge on any atom is 0.165 e. The van der Waals surface area contributed by atoms with Crippen molar-refractivity contribution >= 4 is 16.7 Å². The molecule has 1 heterocycles. The second kappa shape index (κ2) is 5.71. The van der Waals surface area contributed by atoms with E-state index in [0.717, 1.165) is 35.7 Å². The van der Waals surface area contributed by atoms with Crippen molar-refractivity contribution in [3.8, 4) is 0 Å². The monoisotopic (exact) mass is 245 g/mol. The molecule has 0 fully saturated rings. The van der Waals surface area contributed by atoms with E-state index in [1.54, 1.807) is 18.0 Å². The third kappa shape index (κ3) is 2.40. The molecule has 0 N–H and O–H groups in total. The van der Waals surface area contributed by atoms with Gasteiger partial charge in [0.05, 0.1) is 11.7 Å². The fourth-order valence-corrected chi connectivity index (χ4v) is 2.19. The van der Waals surface area contributed by atoms with Crippen LogP contribution in [0.25, 0.3) is 10.9 Å². The molecule has 0 aliphatic carbocycles. The summed E-state index contributed by atoms with van der Waals surface area (Å²) in [5, 5.41) is 0.973. The maximum absolute atomic E-state index is 12.2. The Morgan fingerprint density at radius 2 is 2.06 bits per heavy atom. The first-order valence-corrected chi connectivity index (χ1v) is 6.45. The van der Waals surface area contributed by atoms with E-state index in [1.165, 1.54) is 0 Å². The standard InChI is InChI=1S/C15H19NO2/c1-3-4-5-10-15(17)13-11-16(18-2)14-9-7-6-8-12(13)14/h6-9,11H,3-5,10H2,1-2H3. The third-order valence-corrected chi connectivity index (χ3v) is 3.18. The Balaban J connectivity index is 2.30. The SMILES string of the molecule is CCCCCC(=O)c1cn(OC)c2ccccc12. The number of aromatic nitrogens is 1. The average Bonchev–Trinajstić information content (AvgIpc) is 2.78. The minimum atomic E-state index is 0.204. The molecule has 0 unspecified atom stereocenters. The minimum absolute atomic E-state index is 0.204. The van der Waals surface area contributed by atoms with Crippen LogP contribution in [0.15, 0.2) is 30.5 Å². The van der Waals surface area contributed by atoms with E-state index in [2.05, 4.69) is 6.92 Å². The number of Topliss-reactive ketones (excluding diaryl/α,β-unsaturated/α-hetero) is 1. The molecular weight excluding hydrogens is 226 g/mol. The van der Waals surface area contributed by atoms with Crippen LogP contribution in [0.2, 0.25) is 0 Å². The molecule has 0 atom stereocenters. The maximum atomic E-state index is 12.2. The van der Waals surface area contributed by atoms with Gasteiger partial charge < -0.3 is 4.84 Å². The molecule has 2 aromatic rings. The molecule has 3 nitrogen and oxygen atoms in total. The number of carbonyl (C=O) groups excluding carboxylic acids is 1. The van der Waals surface area contributed by atoms with E-state index in [-0.39, 0.29) is 5.78 Å². The Hall–Kier alpha value is -1.77. The Morgan fingerprint density at radius 1 is 1.28 bits per heavy atom. The van der Waals surface area contributed by atoms with Crippen molar-refractivity contribution in [1.82, 2.24) is 4.73 Å². The number of unbranched alkanes of at least 4 members (excludes halogenated alkanes) is 2. The smallest absolute Gasteiger partial charge is 0.165 e. The van der Waals surface area contributed by atoms with Crippen molar-refractivity contribution in [3.05, 3.63) is 36.0 Å². The van der Waals surface area contributed by atoms with Gasteiger partial charge in [0.1, 0.15) is 7.11 Å². The fourth-order valence-electron chi connectivity index (χ4n) is 2.19. The van der Waals surface area contributed by atoms with Gasteiger partial charge in [-0.15, -0.1) is 0 Å². The van der Waals surface area contributed by atoms with E-state index < -0.39 is 0 Å². The number of hydrogen-bond acceptors (Lipinski definition) is 2. The summed E-state index contributed by atoms with van der Waals surface area (Å²) in [6, 6.07) is 7.83. The number of carbonyl (C=O) groups is 1. The van der Waals surface area contributed by atoms with Crippen molar-refractivity contribution < 1.29 is 9.63 Å². The van der Waals surface area contributed by atoms with Crippen molar-refractivity contribution in [2.75, 3.05) is 7.11 Å². The Kier molecular flexibility index (Phi) is 4.03. The minimum Gasteiger partial charge on any atom is -0.417 e. The molecule has 0 spiro atoms. The lowest BCUT2D eigenvalue weighted by Crippen LogP contribution is -2.03. The largest absolute Gasteiger partial charge is 0.417 e. The molecule has 2 rings (SSSR count). The van der Waals surface area contributed by atoms with Crippen LogP contribution < -0.4 is 4.84 Å². The number of benzene rings is 1. The third-order valence-electron chi connectivity index (χ3n) is 3.18. The number of nitrogens with zero attached hydrogens (tertiary/aromatic N) is 1. The molecule has 1 aromatic carbocycles. The van der Waals surface area contributed by atoms with Gasteiger partial charge in [0, 0.05) is 17.4 Å². The second-order valence-corrected chi connectivity index (χ2v) is 4.45. The van der Waals surface area contributed by atoms with Gasteiger partial charge in [0.25, 0.3) is 0 Å². The highest BCUT2D eigenvalue weighted by molar-refractivity contribution is 6.07. The van der Waals surface area contributed by atoms with Gasteiger partial charge in [0.15, 0.2) is 5.78 Å². The quantitative estimate of drug-likeness (QED) is 0.576. The van der Waals surface area contributed by atoms with E-state index in [9.17, 15) is 4.79 Å². The van der Waals surface area contributed by atoms with Crippen LogP contribution in [0.3, 0.4) is 0 Å². The van der Waals surface area contributed by atoms with Gasteiger partial charge in [-0.1, -0.05) is 38.0 Å². The highest BCUT2D eigenvalue weighted by Crippen LogP contribution is 2.22. The molecule has 0 aliphatic rings. The summed E-state index contributed by atoms with van der Waals surface area (Å²) in [4.78, 5) is 17.4. The molecule has 0 saturated heterocycles. The second-order valence-electron chi connectivity index (χ2n) is 4.45. The molecule has 18 heavy (non-hydrogen) atoms. The predicted octanol–water partition coefficient (Wildman–Crippen LogP) is 3.46. The highest BCUT2D eigenvalue weighted by Gasteiger charge is 2.14. The topological polar surface area (TPSA) is 31.2 Å². The number of ketones is 1. The molecule has 0 bridgehead atoms. The van der Waals surface area contributed by atoms with E-state index in [4.69, 9.17) is 4.84 Å². The van der Waals surface area contributed by atoms with Gasteiger partial charge in [-0.3, -0.25) is 4.79 Å². The zero-order valence-corrected chi connectivity index (χ0v) is 11.0. The summed E-state index contributed by atoms with van der Waals surface area (Å²) in [6.45, 7) is 2.14. The lowest BCUT2D eigenvalue weighted by atomic mass is 10.0. The van der Waals surface area contributed by atoms with E-state index in [1.807, 2.05) is 24.3 Å². The summed E-state index contributed by atoms with van der Waals surface area (Å²) in [6.07, 6.45) is 5.61. The zero-order valence-electron chi connectivity index (χ0n) is 11.0. The fraction of sp³-hybridized carbons (Fsp3) is 0.400. The van der Waals surface area contributed by atoms with Crippen molar-refractivity contribution in [2.24, 2.45) is 0 Å². The van der Waals surface area contributed by atoms with Gasteiger partial charge in [-0.2, -0.15) is 4.73 Å². The number of hydrogen-bond donors (Lipinski definition) is 0. The number of fused-ring (bicyclic) bond motifs is 1. The summed E-state index contributed by atoms with van der Waals surface area (Å²) >= 11 is 0. The molecule has 0 aliphatic heterocycles. The number of rotatable bonds is 6. The van der Waals surface area contributed by atoms with Crippen LogP contribution in [0.5, 0.6) is 0 Å². The Bertz CT molecular complexity index is 542. The zero-order chi connectivity index (χ0) is 13.0. The Labute approximate surface area is 107 Å². The van der Waals surface area contributed by atoms with Gasteiger partial charge >= 0.3 is 0 Å². The van der Waals surface area contributed by atoms with Crippen LogP contribution in [0.1, 0.15) is 43.0 Å². The van der Waals surface area contributed by atoms with E-state index >= 15 is 0 Å².